The van der Waals surface area contributed by atoms with Gasteiger partial charge < -0.3 is 9.84 Å². The summed E-state index contributed by atoms with van der Waals surface area (Å²) in [6.07, 6.45) is -4.83. The molecule has 176 valence electrons. The second kappa shape index (κ2) is 8.97. The molecular formula is C22H19F6N3O2. The fraction of sp³-hybridized carbons (Fsp3) is 0.318. The summed E-state index contributed by atoms with van der Waals surface area (Å²) in [5.41, 5.74) is -4.23. The Hall–Kier alpha value is -3.21. The normalized spacial score (nSPS) is 15.1. The van der Waals surface area contributed by atoms with Gasteiger partial charge >= 0.3 is 6.18 Å². The third-order valence-electron chi connectivity index (χ3n) is 5.12. The number of benzene rings is 2. The molecule has 0 radical (unpaired) electrons. The van der Waals surface area contributed by atoms with Crippen LogP contribution in [0.25, 0.3) is 10.9 Å². The summed E-state index contributed by atoms with van der Waals surface area (Å²) in [4.78, 5) is 11.2. The molecule has 0 spiro atoms. The van der Waals surface area contributed by atoms with Crippen LogP contribution in [-0.4, -0.2) is 40.2 Å². The Morgan fingerprint density at radius 3 is 2.52 bits per heavy atom. The van der Waals surface area contributed by atoms with E-state index in [0.29, 0.717) is 6.07 Å². The molecule has 0 saturated carbocycles. The molecule has 3 rings (SSSR count). The SMILES string of the molecule is COc1c(F)cccc1C(C)CC(O)(C=Nc1cc(F)c(F)c2nc(C)ncc12)C(F)(F)F. The number of aliphatic imine (C=N–C) groups is 1. The number of ether oxygens (including phenoxy) is 1. The highest BCUT2D eigenvalue weighted by atomic mass is 19.4. The minimum atomic E-state index is -5.19. The fourth-order valence-corrected chi connectivity index (χ4v) is 3.43. The van der Waals surface area contributed by atoms with Gasteiger partial charge in [-0.25, -0.2) is 23.1 Å². The summed E-state index contributed by atoms with van der Waals surface area (Å²) >= 11 is 0. The Kier molecular flexibility index (Phi) is 6.64. The number of alkyl halides is 3. The molecule has 5 nitrogen and oxygen atoms in total. The lowest BCUT2D eigenvalue weighted by Gasteiger charge is -2.30. The van der Waals surface area contributed by atoms with Gasteiger partial charge in [-0.1, -0.05) is 19.1 Å². The third-order valence-corrected chi connectivity index (χ3v) is 5.12. The van der Waals surface area contributed by atoms with Crippen molar-refractivity contribution in [1.29, 1.82) is 0 Å². The van der Waals surface area contributed by atoms with E-state index < -0.39 is 52.8 Å². The predicted octanol–water partition coefficient (Wildman–Crippen LogP) is 5.55. The van der Waals surface area contributed by atoms with E-state index in [9.17, 15) is 31.4 Å². The van der Waals surface area contributed by atoms with Crippen molar-refractivity contribution < 1.29 is 36.2 Å². The lowest BCUT2D eigenvalue weighted by molar-refractivity contribution is -0.231. The van der Waals surface area contributed by atoms with Gasteiger partial charge in [0.25, 0.3) is 0 Å². The average molecular weight is 471 g/mol. The maximum atomic E-state index is 14.1. The van der Waals surface area contributed by atoms with Crippen LogP contribution in [0.15, 0.2) is 35.5 Å². The summed E-state index contributed by atoms with van der Waals surface area (Å²) in [6.45, 7) is 2.78. The van der Waals surface area contributed by atoms with Crippen LogP contribution in [0.4, 0.5) is 32.0 Å². The molecule has 0 aliphatic rings. The number of hydrogen-bond acceptors (Lipinski definition) is 5. The van der Waals surface area contributed by atoms with E-state index >= 15 is 0 Å². The van der Waals surface area contributed by atoms with Crippen LogP contribution >= 0.6 is 0 Å². The third kappa shape index (κ3) is 4.77. The molecule has 0 fully saturated rings. The molecule has 11 heteroatoms. The van der Waals surface area contributed by atoms with Crippen LogP contribution in [0, 0.1) is 24.4 Å². The van der Waals surface area contributed by atoms with Crippen molar-refractivity contribution in [2.75, 3.05) is 7.11 Å². The Morgan fingerprint density at radius 2 is 1.88 bits per heavy atom. The first kappa shape index (κ1) is 24.4. The molecule has 1 N–H and O–H groups in total. The summed E-state index contributed by atoms with van der Waals surface area (Å²) in [5.74, 6) is -4.60. The van der Waals surface area contributed by atoms with Crippen LogP contribution in [-0.2, 0) is 0 Å². The summed E-state index contributed by atoms with van der Waals surface area (Å²) in [6, 6.07) is 4.36. The molecule has 0 aliphatic carbocycles. The Balaban J connectivity index is 2.05. The molecular weight excluding hydrogens is 452 g/mol. The van der Waals surface area contributed by atoms with Crippen molar-refractivity contribution in [1.82, 2.24) is 9.97 Å². The standard InChI is InChI=1S/C22H19F6N3O2/c1-11(13-5-4-6-15(23)20(13)33-3)8-21(32,22(26,27)28)10-30-17-7-16(24)18(25)19-14(17)9-29-12(2)31-19/h4-7,9-11,32H,8H2,1-3H3. The molecule has 0 bridgehead atoms. The van der Waals surface area contributed by atoms with E-state index in [2.05, 4.69) is 15.0 Å². The molecule has 3 aromatic rings. The quantitative estimate of drug-likeness (QED) is 0.378. The molecule has 1 heterocycles. The summed E-state index contributed by atoms with van der Waals surface area (Å²) in [7, 11) is 1.17. The molecule has 0 aliphatic heterocycles. The number of halogens is 6. The Labute approximate surface area is 184 Å². The number of aromatic nitrogens is 2. The molecule has 2 aromatic carbocycles. The van der Waals surface area contributed by atoms with Crippen molar-refractivity contribution in [3.05, 3.63) is 59.3 Å². The van der Waals surface area contributed by atoms with Crippen LogP contribution in [0.1, 0.15) is 30.7 Å². The predicted molar refractivity (Wildman–Crippen MR) is 109 cm³/mol. The average Bonchev–Trinajstić information content (AvgIpc) is 2.74. The first-order chi connectivity index (χ1) is 15.4. The fourth-order valence-electron chi connectivity index (χ4n) is 3.43. The summed E-state index contributed by atoms with van der Waals surface area (Å²) in [5, 5.41) is 10.4. The van der Waals surface area contributed by atoms with Gasteiger partial charge in [0.1, 0.15) is 11.3 Å². The van der Waals surface area contributed by atoms with Crippen molar-refractivity contribution in [3.8, 4) is 5.75 Å². The van der Waals surface area contributed by atoms with Crippen LogP contribution in [0.3, 0.4) is 0 Å². The zero-order chi connectivity index (χ0) is 24.6. The van der Waals surface area contributed by atoms with Gasteiger partial charge in [-0.2, -0.15) is 13.2 Å². The van der Waals surface area contributed by atoms with Gasteiger partial charge in [0.05, 0.1) is 12.8 Å². The van der Waals surface area contributed by atoms with Gasteiger partial charge in [0, 0.05) is 29.4 Å². The minimum Gasteiger partial charge on any atom is -0.493 e. The van der Waals surface area contributed by atoms with Crippen LogP contribution in [0.2, 0.25) is 0 Å². The monoisotopic (exact) mass is 471 g/mol. The van der Waals surface area contributed by atoms with Gasteiger partial charge in [0.15, 0.2) is 28.8 Å². The van der Waals surface area contributed by atoms with Crippen LogP contribution < -0.4 is 4.74 Å². The highest BCUT2D eigenvalue weighted by Gasteiger charge is 2.53. The number of hydrogen-bond donors (Lipinski definition) is 1. The van der Waals surface area contributed by atoms with E-state index in [4.69, 9.17) is 4.74 Å². The highest BCUT2D eigenvalue weighted by molar-refractivity contribution is 5.92. The van der Waals surface area contributed by atoms with Gasteiger partial charge in [-0.3, -0.25) is 4.99 Å². The lowest BCUT2D eigenvalue weighted by atomic mass is 9.86. The minimum absolute atomic E-state index is 0.107. The molecule has 0 amide bonds. The second-order valence-electron chi connectivity index (χ2n) is 7.52. The van der Waals surface area contributed by atoms with Crippen molar-refractivity contribution in [2.45, 2.75) is 38.0 Å². The van der Waals surface area contributed by atoms with Crippen molar-refractivity contribution >= 4 is 22.8 Å². The maximum absolute atomic E-state index is 14.1. The first-order valence-electron chi connectivity index (χ1n) is 9.66. The Morgan fingerprint density at radius 1 is 1.18 bits per heavy atom. The van der Waals surface area contributed by atoms with Gasteiger partial charge in [-0.05, 0) is 25.3 Å². The second-order valence-corrected chi connectivity index (χ2v) is 7.52. The number of rotatable bonds is 6. The van der Waals surface area contributed by atoms with E-state index in [-0.39, 0.29) is 28.7 Å². The number of methoxy groups -OCH3 is 1. The highest BCUT2D eigenvalue weighted by Crippen LogP contribution is 2.40. The zero-order valence-corrected chi connectivity index (χ0v) is 17.7. The first-order valence-corrected chi connectivity index (χ1v) is 9.66. The van der Waals surface area contributed by atoms with Gasteiger partial charge in [-0.15, -0.1) is 0 Å². The smallest absolute Gasteiger partial charge is 0.422 e. The van der Waals surface area contributed by atoms with E-state index in [1.165, 1.54) is 33.1 Å². The van der Waals surface area contributed by atoms with Crippen molar-refractivity contribution in [2.24, 2.45) is 4.99 Å². The molecule has 1 aromatic heterocycles. The largest absolute Gasteiger partial charge is 0.493 e. The van der Waals surface area contributed by atoms with E-state index in [1.54, 1.807) is 0 Å². The zero-order valence-electron chi connectivity index (χ0n) is 17.7. The number of para-hydroxylation sites is 1. The lowest BCUT2D eigenvalue weighted by Crippen LogP contribution is -2.47. The van der Waals surface area contributed by atoms with E-state index in [0.717, 1.165) is 12.3 Å². The Bertz CT molecular complexity index is 1210. The van der Waals surface area contributed by atoms with Crippen molar-refractivity contribution in [3.63, 3.8) is 0 Å². The van der Waals surface area contributed by atoms with E-state index in [1.807, 2.05) is 0 Å². The topological polar surface area (TPSA) is 67.6 Å². The van der Waals surface area contributed by atoms with Crippen LogP contribution in [0.5, 0.6) is 5.75 Å². The molecule has 0 saturated heterocycles. The molecule has 33 heavy (non-hydrogen) atoms. The number of aryl methyl sites for hydroxylation is 1. The maximum Gasteiger partial charge on any atom is 0.422 e. The number of fused-ring (bicyclic) bond motifs is 1. The summed E-state index contributed by atoms with van der Waals surface area (Å²) < 4.78 is 88.6. The van der Waals surface area contributed by atoms with Gasteiger partial charge in [0.2, 0.25) is 0 Å². The number of aliphatic hydroxyl groups is 1. The molecule has 2 unspecified atom stereocenters. The molecule has 2 atom stereocenters. The number of nitrogens with zero attached hydrogens (tertiary/aromatic N) is 3.